The van der Waals surface area contributed by atoms with Gasteiger partial charge >= 0.3 is 0 Å². The molecular formula is C13H21ClN6. The van der Waals surface area contributed by atoms with Crippen molar-refractivity contribution in [2.24, 2.45) is 0 Å². The summed E-state index contributed by atoms with van der Waals surface area (Å²) in [4.78, 5) is 10.6. The van der Waals surface area contributed by atoms with E-state index >= 15 is 0 Å². The van der Waals surface area contributed by atoms with Crippen LogP contribution in [0.15, 0.2) is 6.33 Å². The first-order chi connectivity index (χ1) is 9.50. The van der Waals surface area contributed by atoms with Gasteiger partial charge in [0.2, 0.25) is 0 Å². The van der Waals surface area contributed by atoms with Crippen molar-refractivity contribution in [1.82, 2.24) is 24.5 Å². The number of aromatic nitrogens is 4. The third kappa shape index (κ3) is 3.19. The zero-order valence-corrected chi connectivity index (χ0v) is 13.1. The standard InChI is InChI=1S/C13H21ClN6/c1-9(2)19(4)7-5-6-15-12-10(3)11(14)18-13-16-8-17-20(12)13/h8-9,15H,5-7H2,1-4H3. The molecule has 0 saturated carbocycles. The lowest BCUT2D eigenvalue weighted by Crippen LogP contribution is -2.28. The molecule has 2 heterocycles. The minimum Gasteiger partial charge on any atom is -0.370 e. The van der Waals surface area contributed by atoms with Crippen molar-refractivity contribution >= 4 is 23.2 Å². The zero-order chi connectivity index (χ0) is 14.7. The van der Waals surface area contributed by atoms with Gasteiger partial charge in [-0.25, -0.2) is 0 Å². The maximum absolute atomic E-state index is 6.11. The van der Waals surface area contributed by atoms with Gasteiger partial charge in [0.15, 0.2) is 0 Å². The molecular weight excluding hydrogens is 276 g/mol. The smallest absolute Gasteiger partial charge is 0.255 e. The van der Waals surface area contributed by atoms with Crippen molar-refractivity contribution in [1.29, 1.82) is 0 Å². The molecule has 0 fully saturated rings. The summed E-state index contributed by atoms with van der Waals surface area (Å²) in [5, 5.41) is 8.03. The number of halogens is 1. The van der Waals surface area contributed by atoms with Crippen molar-refractivity contribution in [3.05, 3.63) is 17.0 Å². The van der Waals surface area contributed by atoms with Crippen molar-refractivity contribution < 1.29 is 0 Å². The molecule has 0 aliphatic heterocycles. The second-order valence-electron chi connectivity index (χ2n) is 5.20. The van der Waals surface area contributed by atoms with Gasteiger partial charge in [-0.2, -0.15) is 19.6 Å². The lowest BCUT2D eigenvalue weighted by molar-refractivity contribution is 0.273. The fourth-order valence-electron chi connectivity index (χ4n) is 1.90. The molecule has 110 valence electrons. The predicted octanol–water partition coefficient (Wildman–Crippen LogP) is 2.23. The first kappa shape index (κ1) is 15.0. The van der Waals surface area contributed by atoms with Crippen LogP contribution in [0.5, 0.6) is 0 Å². The van der Waals surface area contributed by atoms with E-state index in [1.807, 2.05) is 6.92 Å². The monoisotopic (exact) mass is 296 g/mol. The van der Waals surface area contributed by atoms with E-state index in [-0.39, 0.29) is 0 Å². The van der Waals surface area contributed by atoms with Gasteiger partial charge in [0, 0.05) is 18.2 Å². The van der Waals surface area contributed by atoms with Crippen LogP contribution in [0.4, 0.5) is 5.82 Å². The highest BCUT2D eigenvalue weighted by Gasteiger charge is 2.11. The van der Waals surface area contributed by atoms with Crippen LogP contribution in [0.1, 0.15) is 25.8 Å². The highest BCUT2D eigenvalue weighted by atomic mass is 35.5. The molecule has 0 amide bonds. The Labute approximate surface area is 124 Å². The minimum atomic E-state index is 0.465. The number of nitrogens with one attached hydrogen (secondary N) is 1. The van der Waals surface area contributed by atoms with Gasteiger partial charge in [-0.05, 0) is 40.8 Å². The van der Waals surface area contributed by atoms with Crippen molar-refractivity contribution in [3.63, 3.8) is 0 Å². The quantitative estimate of drug-likeness (QED) is 0.654. The molecule has 2 aromatic heterocycles. The SMILES string of the molecule is Cc1c(Cl)nc2ncnn2c1NCCCN(C)C(C)C. The predicted molar refractivity (Wildman–Crippen MR) is 81.4 cm³/mol. The maximum Gasteiger partial charge on any atom is 0.255 e. The van der Waals surface area contributed by atoms with E-state index in [0.717, 1.165) is 30.9 Å². The number of hydrogen-bond acceptors (Lipinski definition) is 5. The molecule has 2 rings (SSSR count). The van der Waals surface area contributed by atoms with Gasteiger partial charge in [-0.3, -0.25) is 0 Å². The number of nitrogens with zero attached hydrogens (tertiary/aromatic N) is 5. The number of fused-ring (bicyclic) bond motifs is 1. The Morgan fingerprint density at radius 2 is 2.20 bits per heavy atom. The number of anilines is 1. The van der Waals surface area contributed by atoms with Gasteiger partial charge in [0.05, 0.1) is 0 Å². The molecule has 0 spiro atoms. The summed E-state index contributed by atoms with van der Waals surface area (Å²) in [6, 6.07) is 0.564. The molecule has 1 N–H and O–H groups in total. The van der Waals surface area contributed by atoms with Crippen LogP contribution >= 0.6 is 11.6 Å². The van der Waals surface area contributed by atoms with Crippen LogP contribution in [0.25, 0.3) is 5.78 Å². The molecule has 7 heteroatoms. The van der Waals surface area contributed by atoms with E-state index in [0.29, 0.717) is 17.0 Å². The van der Waals surface area contributed by atoms with E-state index in [9.17, 15) is 0 Å². The summed E-state index contributed by atoms with van der Waals surface area (Å²) in [6.07, 6.45) is 2.53. The molecule has 2 aromatic rings. The van der Waals surface area contributed by atoms with Crippen LogP contribution in [0, 0.1) is 6.92 Å². The molecule has 0 aromatic carbocycles. The van der Waals surface area contributed by atoms with E-state index in [2.05, 4.69) is 46.2 Å². The van der Waals surface area contributed by atoms with Crippen molar-refractivity contribution in [3.8, 4) is 0 Å². The van der Waals surface area contributed by atoms with E-state index < -0.39 is 0 Å². The minimum absolute atomic E-state index is 0.465. The Morgan fingerprint density at radius 3 is 2.90 bits per heavy atom. The third-order valence-electron chi connectivity index (χ3n) is 3.47. The summed E-state index contributed by atoms with van der Waals surface area (Å²) < 4.78 is 1.69. The van der Waals surface area contributed by atoms with E-state index in [1.54, 1.807) is 4.52 Å². The lowest BCUT2D eigenvalue weighted by Gasteiger charge is -2.21. The average molecular weight is 297 g/mol. The number of rotatable bonds is 6. The molecule has 0 unspecified atom stereocenters. The molecule has 6 nitrogen and oxygen atoms in total. The average Bonchev–Trinajstić information content (AvgIpc) is 2.85. The summed E-state index contributed by atoms with van der Waals surface area (Å²) in [6.45, 7) is 8.22. The Balaban J connectivity index is 2.03. The van der Waals surface area contributed by atoms with Gasteiger partial charge in [-0.1, -0.05) is 11.6 Å². The highest BCUT2D eigenvalue weighted by Crippen LogP contribution is 2.21. The second kappa shape index (κ2) is 6.37. The summed E-state index contributed by atoms with van der Waals surface area (Å²) in [7, 11) is 2.13. The molecule has 20 heavy (non-hydrogen) atoms. The highest BCUT2D eigenvalue weighted by molar-refractivity contribution is 6.30. The number of hydrogen-bond donors (Lipinski definition) is 1. The topological polar surface area (TPSA) is 58.4 Å². The maximum atomic E-state index is 6.11. The van der Waals surface area contributed by atoms with Gasteiger partial charge in [0.25, 0.3) is 5.78 Å². The largest absolute Gasteiger partial charge is 0.370 e. The molecule has 0 aliphatic carbocycles. The van der Waals surface area contributed by atoms with Crippen molar-refractivity contribution in [2.75, 3.05) is 25.5 Å². The first-order valence-electron chi connectivity index (χ1n) is 6.80. The molecule has 0 saturated heterocycles. The zero-order valence-electron chi connectivity index (χ0n) is 12.4. The normalized spacial score (nSPS) is 11.8. The Bertz CT molecular complexity index is 579. The fraction of sp³-hybridized carbons (Fsp3) is 0.615. The van der Waals surface area contributed by atoms with Crippen LogP contribution < -0.4 is 5.32 Å². The van der Waals surface area contributed by atoms with Gasteiger partial charge < -0.3 is 10.2 Å². The summed E-state index contributed by atoms with van der Waals surface area (Å²) in [5.74, 6) is 1.38. The first-order valence-corrected chi connectivity index (χ1v) is 7.18. The molecule has 0 bridgehead atoms. The Hall–Kier alpha value is -1.40. The summed E-state index contributed by atoms with van der Waals surface area (Å²) >= 11 is 6.11. The molecule has 0 atom stereocenters. The second-order valence-corrected chi connectivity index (χ2v) is 5.56. The van der Waals surface area contributed by atoms with Crippen LogP contribution in [0.3, 0.4) is 0 Å². The van der Waals surface area contributed by atoms with Crippen LogP contribution in [-0.4, -0.2) is 50.7 Å². The molecule has 0 radical (unpaired) electrons. The van der Waals surface area contributed by atoms with E-state index in [1.165, 1.54) is 6.33 Å². The fourth-order valence-corrected chi connectivity index (χ4v) is 2.06. The van der Waals surface area contributed by atoms with Crippen LogP contribution in [0.2, 0.25) is 5.15 Å². The lowest BCUT2D eigenvalue weighted by atomic mass is 10.3. The van der Waals surface area contributed by atoms with Crippen molar-refractivity contribution in [2.45, 2.75) is 33.2 Å². The van der Waals surface area contributed by atoms with Crippen LogP contribution in [-0.2, 0) is 0 Å². The molecule has 0 aliphatic rings. The summed E-state index contributed by atoms with van der Waals surface area (Å²) in [5.41, 5.74) is 0.891. The Kier molecular flexibility index (Phi) is 4.77. The van der Waals surface area contributed by atoms with E-state index in [4.69, 9.17) is 11.6 Å². The third-order valence-corrected chi connectivity index (χ3v) is 3.83. The van der Waals surface area contributed by atoms with Gasteiger partial charge in [0.1, 0.15) is 17.3 Å². The Morgan fingerprint density at radius 1 is 1.45 bits per heavy atom. The van der Waals surface area contributed by atoms with Gasteiger partial charge in [-0.15, -0.1) is 0 Å².